The molecule has 0 N–H and O–H groups in total. The van der Waals surface area contributed by atoms with Crippen LogP contribution in [-0.2, 0) is 37.4 Å². The van der Waals surface area contributed by atoms with Gasteiger partial charge in [0.25, 0.3) is 0 Å². The molecule has 7 nitrogen and oxygen atoms in total. The fraction of sp³-hybridized carbons (Fsp3) is 0.647. The molecule has 3 atom stereocenters. The van der Waals surface area contributed by atoms with Crippen LogP contribution in [0.15, 0.2) is 72.8 Å². The molecule has 3 aromatic rings. The highest BCUT2D eigenvalue weighted by atomic mass is 31.2. The summed E-state index contributed by atoms with van der Waals surface area (Å²) in [6.45, 7) is 11.9. The van der Waals surface area contributed by atoms with E-state index < -0.39 is 26.7 Å². The Morgan fingerprint density at radius 1 is 0.373 bits per heavy atom. The van der Waals surface area contributed by atoms with E-state index in [2.05, 4.69) is 39.0 Å². The van der Waals surface area contributed by atoms with Crippen molar-refractivity contribution in [3.8, 4) is 17.2 Å². The Labute approximate surface area is 360 Å². The second kappa shape index (κ2) is 31.1. The molecule has 3 unspecified atom stereocenters. The van der Waals surface area contributed by atoms with Crippen LogP contribution >= 0.6 is 7.82 Å². The molecule has 0 saturated carbocycles. The van der Waals surface area contributed by atoms with Crippen LogP contribution in [0, 0.1) is 0 Å². The van der Waals surface area contributed by atoms with E-state index in [4.69, 9.17) is 27.8 Å². The third-order valence-electron chi connectivity index (χ3n) is 10.8. The number of hydrogen-bond acceptors (Lipinski definition) is 7. The first-order valence-corrected chi connectivity index (χ1v) is 25.1. The maximum absolute atomic E-state index is 14.7. The lowest BCUT2D eigenvalue weighted by atomic mass is 10.0. The van der Waals surface area contributed by atoms with Gasteiger partial charge in [0.15, 0.2) is 0 Å². The van der Waals surface area contributed by atoms with Gasteiger partial charge in [0.2, 0.25) is 18.9 Å². The summed E-state index contributed by atoms with van der Waals surface area (Å²) in [7, 11) is -4.34. The Morgan fingerprint density at radius 2 is 0.610 bits per heavy atom. The minimum atomic E-state index is -4.34. The zero-order valence-electron chi connectivity index (χ0n) is 37.9. The molecule has 0 aliphatic carbocycles. The van der Waals surface area contributed by atoms with E-state index in [1.165, 1.54) is 116 Å². The van der Waals surface area contributed by atoms with Gasteiger partial charge in [0, 0.05) is 0 Å². The monoisotopic (exact) mass is 837 g/mol. The first kappa shape index (κ1) is 50.5. The van der Waals surface area contributed by atoms with Crippen molar-refractivity contribution in [1.82, 2.24) is 0 Å². The second-order valence-corrected chi connectivity index (χ2v) is 17.8. The normalized spacial score (nSPS) is 14.1. The Bertz CT molecular complexity index is 1370. The van der Waals surface area contributed by atoms with Gasteiger partial charge in [0.1, 0.15) is 17.2 Å². The summed E-state index contributed by atoms with van der Waals surface area (Å²) < 4.78 is 52.1. The van der Waals surface area contributed by atoms with Crippen LogP contribution in [0.5, 0.6) is 17.2 Å². The highest BCUT2D eigenvalue weighted by Gasteiger charge is 2.36. The van der Waals surface area contributed by atoms with E-state index in [-0.39, 0.29) is 0 Å². The average molecular weight is 837 g/mol. The molecule has 0 heterocycles. The van der Waals surface area contributed by atoms with Crippen LogP contribution in [0.4, 0.5) is 0 Å². The molecule has 8 heteroatoms. The largest absolute Gasteiger partial charge is 0.484 e. The lowest BCUT2D eigenvalue weighted by molar-refractivity contribution is -0.0872. The zero-order valence-corrected chi connectivity index (χ0v) is 38.8. The van der Waals surface area contributed by atoms with Crippen molar-refractivity contribution in [2.75, 3.05) is 0 Å². The standard InChI is InChI=1S/C51H81O7P/c1-7-10-13-16-19-22-25-34-46-37-28-31-40-49(46)53-43(4)56-59(52,57-44(5)54-50-41-32-29-38-47(50)35-26-23-20-17-14-11-8-2)58-45(6)55-51-42-33-30-39-48(51)36-27-24-21-18-15-12-9-3/h28-33,37-45H,7-27,34-36H2,1-6H3. The molecular formula is C51H81O7P. The van der Waals surface area contributed by atoms with E-state index in [1.54, 1.807) is 20.8 Å². The quantitative estimate of drug-likeness (QED) is 0.0328. The van der Waals surface area contributed by atoms with Crippen molar-refractivity contribution >= 4 is 7.82 Å². The van der Waals surface area contributed by atoms with Gasteiger partial charge in [-0.05, 0) is 94.2 Å². The van der Waals surface area contributed by atoms with Crippen LogP contribution in [0.25, 0.3) is 0 Å². The number of unbranched alkanes of at least 4 members (excludes halogenated alkanes) is 18. The van der Waals surface area contributed by atoms with Crippen LogP contribution in [-0.4, -0.2) is 18.9 Å². The minimum Gasteiger partial charge on any atom is -0.464 e. The molecule has 0 saturated heterocycles. The fourth-order valence-electron chi connectivity index (χ4n) is 7.51. The van der Waals surface area contributed by atoms with Gasteiger partial charge in [-0.3, -0.25) is 0 Å². The number of hydrogen-bond donors (Lipinski definition) is 0. The molecule has 0 spiro atoms. The van der Waals surface area contributed by atoms with Crippen molar-refractivity contribution in [1.29, 1.82) is 0 Å². The number of ether oxygens (including phenoxy) is 3. The predicted molar refractivity (Wildman–Crippen MR) is 246 cm³/mol. The molecule has 0 radical (unpaired) electrons. The molecule has 3 rings (SSSR count). The molecule has 0 aliphatic rings. The van der Waals surface area contributed by atoms with E-state index >= 15 is 0 Å². The number of rotatable bonds is 36. The van der Waals surface area contributed by atoms with E-state index in [0.29, 0.717) is 17.2 Å². The molecule has 332 valence electrons. The van der Waals surface area contributed by atoms with Crippen molar-refractivity contribution in [2.24, 2.45) is 0 Å². The van der Waals surface area contributed by atoms with E-state index in [0.717, 1.165) is 55.2 Å². The molecule has 0 amide bonds. The van der Waals surface area contributed by atoms with Crippen molar-refractivity contribution in [3.63, 3.8) is 0 Å². The SMILES string of the molecule is CCCCCCCCCc1ccccc1OC(C)OP(=O)(OC(C)Oc1ccccc1CCCCCCCCC)OC(C)Oc1ccccc1CCCCCCCCC. The van der Waals surface area contributed by atoms with Crippen LogP contribution < -0.4 is 14.2 Å². The number of benzene rings is 3. The number of phosphoric acid groups is 1. The van der Waals surface area contributed by atoms with Gasteiger partial charge >= 0.3 is 7.82 Å². The van der Waals surface area contributed by atoms with Gasteiger partial charge < -0.3 is 14.2 Å². The third-order valence-corrected chi connectivity index (χ3v) is 12.4. The number of aryl methyl sites for hydroxylation is 3. The van der Waals surface area contributed by atoms with Gasteiger partial charge in [-0.15, -0.1) is 0 Å². The van der Waals surface area contributed by atoms with E-state index in [9.17, 15) is 4.57 Å². The van der Waals surface area contributed by atoms with Crippen molar-refractivity contribution < 1.29 is 32.3 Å². The Kier molecular flexibility index (Phi) is 26.6. The Balaban J connectivity index is 1.70. The zero-order chi connectivity index (χ0) is 42.4. The first-order chi connectivity index (χ1) is 28.8. The molecule has 0 aliphatic heterocycles. The third kappa shape index (κ3) is 22.0. The summed E-state index contributed by atoms with van der Waals surface area (Å²) in [5, 5.41) is 0. The van der Waals surface area contributed by atoms with Gasteiger partial charge in [-0.2, -0.15) is 0 Å². The molecule has 3 aromatic carbocycles. The highest BCUT2D eigenvalue weighted by molar-refractivity contribution is 7.48. The van der Waals surface area contributed by atoms with Gasteiger partial charge in [-0.1, -0.05) is 191 Å². The summed E-state index contributed by atoms with van der Waals surface area (Å²) in [6, 6.07) is 24.0. The van der Waals surface area contributed by atoms with Gasteiger partial charge in [-0.25, -0.2) is 18.1 Å². The summed E-state index contributed by atoms with van der Waals surface area (Å²) in [5.74, 6) is 2.10. The molecule has 0 fully saturated rings. The van der Waals surface area contributed by atoms with Crippen LogP contribution in [0.3, 0.4) is 0 Å². The topological polar surface area (TPSA) is 72.5 Å². The molecular weight excluding hydrogens is 756 g/mol. The summed E-state index contributed by atoms with van der Waals surface area (Å²) in [5.41, 5.74) is 3.28. The molecule has 59 heavy (non-hydrogen) atoms. The molecule has 0 aromatic heterocycles. The summed E-state index contributed by atoms with van der Waals surface area (Å²) in [4.78, 5) is 0. The van der Waals surface area contributed by atoms with Gasteiger partial charge in [0.05, 0.1) is 0 Å². The summed E-state index contributed by atoms with van der Waals surface area (Å²) in [6.07, 6.45) is 25.8. The second-order valence-electron chi connectivity index (χ2n) is 16.3. The molecule has 0 bridgehead atoms. The summed E-state index contributed by atoms with van der Waals surface area (Å²) >= 11 is 0. The lowest BCUT2D eigenvalue weighted by Gasteiger charge is -2.28. The maximum atomic E-state index is 14.7. The number of phosphoric ester groups is 1. The Morgan fingerprint density at radius 3 is 0.881 bits per heavy atom. The smallest absolute Gasteiger partial charge is 0.464 e. The van der Waals surface area contributed by atoms with E-state index in [1.807, 2.05) is 54.6 Å². The average Bonchev–Trinajstić information content (AvgIpc) is 3.21. The predicted octanol–water partition coefficient (Wildman–Crippen LogP) is 16.3. The van der Waals surface area contributed by atoms with Crippen molar-refractivity contribution in [3.05, 3.63) is 89.5 Å². The van der Waals surface area contributed by atoms with Crippen LogP contribution in [0.1, 0.15) is 193 Å². The number of para-hydroxylation sites is 3. The van der Waals surface area contributed by atoms with Crippen molar-refractivity contribution in [2.45, 2.75) is 215 Å². The minimum absolute atomic E-state index is 0.699. The highest BCUT2D eigenvalue weighted by Crippen LogP contribution is 2.53. The first-order valence-electron chi connectivity index (χ1n) is 23.7. The van der Waals surface area contributed by atoms with Crippen LogP contribution in [0.2, 0.25) is 0 Å². The fourth-order valence-corrected chi connectivity index (χ4v) is 8.88. The lowest BCUT2D eigenvalue weighted by Crippen LogP contribution is -2.25. The Hall–Kier alpha value is -2.83. The maximum Gasteiger partial charge on any atom is 0.484 e.